The molecular formula is C12H20ClN5. The predicted molar refractivity (Wildman–Crippen MR) is 74.8 cm³/mol. The summed E-state index contributed by atoms with van der Waals surface area (Å²) in [7, 11) is 0. The molecule has 3 N–H and O–H groups in total. The van der Waals surface area contributed by atoms with Gasteiger partial charge in [0.1, 0.15) is 23.0 Å². The van der Waals surface area contributed by atoms with Gasteiger partial charge in [-0.15, -0.1) is 0 Å². The molecule has 6 heteroatoms. The summed E-state index contributed by atoms with van der Waals surface area (Å²) in [4.78, 5) is 10.5. The first-order valence-corrected chi connectivity index (χ1v) is 6.80. The van der Waals surface area contributed by atoms with Crippen LogP contribution in [0, 0.1) is 5.92 Å². The molecule has 2 rings (SSSR count). The normalized spacial score (nSPS) is 20.2. The molecule has 0 radical (unpaired) electrons. The van der Waals surface area contributed by atoms with Crippen LogP contribution in [0.1, 0.15) is 19.8 Å². The van der Waals surface area contributed by atoms with Crippen molar-refractivity contribution in [1.82, 2.24) is 14.9 Å². The SMILES string of the molecule is CCCN1CCC(CNc2ncnc(N)c2Cl)C1. The minimum Gasteiger partial charge on any atom is -0.382 e. The van der Waals surface area contributed by atoms with E-state index in [1.54, 1.807) is 0 Å². The first-order valence-electron chi connectivity index (χ1n) is 6.43. The minimum atomic E-state index is 0.327. The van der Waals surface area contributed by atoms with E-state index in [1.807, 2.05) is 0 Å². The molecule has 0 aliphatic carbocycles. The van der Waals surface area contributed by atoms with Gasteiger partial charge in [0.15, 0.2) is 0 Å². The summed E-state index contributed by atoms with van der Waals surface area (Å²) in [5.74, 6) is 1.62. The van der Waals surface area contributed by atoms with Gasteiger partial charge in [0, 0.05) is 13.1 Å². The van der Waals surface area contributed by atoms with Crippen LogP contribution in [-0.4, -0.2) is 41.0 Å². The number of likely N-dealkylation sites (tertiary alicyclic amines) is 1. The van der Waals surface area contributed by atoms with Gasteiger partial charge < -0.3 is 16.0 Å². The van der Waals surface area contributed by atoms with Gasteiger partial charge in [-0.05, 0) is 31.8 Å². The van der Waals surface area contributed by atoms with Gasteiger partial charge >= 0.3 is 0 Å². The minimum absolute atomic E-state index is 0.327. The predicted octanol–water partition coefficient (Wildman–Crippen LogP) is 1.86. The Bertz CT molecular complexity index is 398. The van der Waals surface area contributed by atoms with Crippen LogP contribution < -0.4 is 11.1 Å². The maximum Gasteiger partial charge on any atom is 0.150 e. The van der Waals surface area contributed by atoms with E-state index >= 15 is 0 Å². The van der Waals surface area contributed by atoms with Crippen molar-refractivity contribution in [2.24, 2.45) is 5.92 Å². The molecule has 1 fully saturated rings. The number of rotatable bonds is 5. The number of nitrogens with zero attached hydrogens (tertiary/aromatic N) is 3. The molecule has 1 aliphatic heterocycles. The molecular weight excluding hydrogens is 250 g/mol. The summed E-state index contributed by atoms with van der Waals surface area (Å²) in [6.45, 7) is 6.64. The smallest absolute Gasteiger partial charge is 0.150 e. The van der Waals surface area contributed by atoms with Crippen LogP contribution >= 0.6 is 11.6 Å². The van der Waals surface area contributed by atoms with Crippen molar-refractivity contribution in [3.8, 4) is 0 Å². The number of halogens is 1. The van der Waals surface area contributed by atoms with Gasteiger partial charge in [-0.1, -0.05) is 18.5 Å². The largest absolute Gasteiger partial charge is 0.382 e. The topological polar surface area (TPSA) is 67.1 Å². The van der Waals surface area contributed by atoms with Crippen LogP contribution in [0.5, 0.6) is 0 Å². The molecule has 0 aromatic carbocycles. The van der Waals surface area contributed by atoms with Crippen LogP contribution in [0.2, 0.25) is 5.02 Å². The maximum absolute atomic E-state index is 6.03. The number of hydrogen-bond acceptors (Lipinski definition) is 5. The molecule has 2 heterocycles. The van der Waals surface area contributed by atoms with Crippen molar-refractivity contribution in [2.45, 2.75) is 19.8 Å². The van der Waals surface area contributed by atoms with Crippen molar-refractivity contribution >= 4 is 23.2 Å². The van der Waals surface area contributed by atoms with E-state index in [4.69, 9.17) is 17.3 Å². The molecule has 1 atom stereocenters. The standard InChI is InChI=1S/C12H20ClN5/c1-2-4-18-5-3-9(7-18)6-15-12-10(13)11(14)16-8-17-12/h8-9H,2-7H2,1H3,(H3,14,15,16,17). The molecule has 1 unspecified atom stereocenters. The fourth-order valence-electron chi connectivity index (χ4n) is 2.35. The second-order valence-corrected chi connectivity index (χ2v) is 5.14. The van der Waals surface area contributed by atoms with Crippen LogP contribution in [-0.2, 0) is 0 Å². The number of nitrogens with one attached hydrogen (secondary N) is 1. The van der Waals surface area contributed by atoms with E-state index in [-0.39, 0.29) is 0 Å². The number of hydrogen-bond donors (Lipinski definition) is 2. The molecule has 100 valence electrons. The number of aromatic nitrogens is 2. The molecule has 0 saturated carbocycles. The van der Waals surface area contributed by atoms with Crippen molar-refractivity contribution in [2.75, 3.05) is 37.2 Å². The second-order valence-electron chi connectivity index (χ2n) is 4.76. The second kappa shape index (κ2) is 6.20. The first-order chi connectivity index (χ1) is 8.70. The zero-order valence-electron chi connectivity index (χ0n) is 10.7. The number of anilines is 2. The van der Waals surface area contributed by atoms with Crippen molar-refractivity contribution in [3.05, 3.63) is 11.3 Å². The fourth-order valence-corrected chi connectivity index (χ4v) is 2.51. The summed E-state index contributed by atoms with van der Waals surface area (Å²) in [6.07, 6.45) is 3.88. The molecule has 1 aromatic rings. The summed E-state index contributed by atoms with van der Waals surface area (Å²) in [5, 5.41) is 3.69. The Morgan fingerprint density at radius 2 is 2.39 bits per heavy atom. The Morgan fingerprint density at radius 1 is 1.56 bits per heavy atom. The fraction of sp³-hybridized carbons (Fsp3) is 0.667. The van der Waals surface area contributed by atoms with Crippen molar-refractivity contribution in [3.63, 3.8) is 0 Å². The van der Waals surface area contributed by atoms with E-state index in [0.717, 1.165) is 13.1 Å². The van der Waals surface area contributed by atoms with E-state index in [0.29, 0.717) is 22.6 Å². The third kappa shape index (κ3) is 3.23. The Hall–Kier alpha value is -1.07. The Labute approximate surface area is 113 Å². The quantitative estimate of drug-likeness (QED) is 0.854. The van der Waals surface area contributed by atoms with Crippen LogP contribution in [0.15, 0.2) is 6.33 Å². The first kappa shape index (κ1) is 13.4. The lowest BCUT2D eigenvalue weighted by atomic mass is 10.1. The van der Waals surface area contributed by atoms with Gasteiger partial charge in [-0.25, -0.2) is 9.97 Å². The highest BCUT2D eigenvalue weighted by Crippen LogP contribution is 2.24. The average Bonchev–Trinajstić information content (AvgIpc) is 2.79. The van der Waals surface area contributed by atoms with Gasteiger partial charge in [0.2, 0.25) is 0 Å². The number of nitrogen functional groups attached to an aromatic ring is 1. The van der Waals surface area contributed by atoms with Crippen LogP contribution in [0.4, 0.5) is 11.6 Å². The van der Waals surface area contributed by atoms with Gasteiger partial charge in [0.25, 0.3) is 0 Å². The van der Waals surface area contributed by atoms with Crippen molar-refractivity contribution in [1.29, 1.82) is 0 Å². The summed E-state index contributed by atoms with van der Waals surface area (Å²) < 4.78 is 0. The molecule has 18 heavy (non-hydrogen) atoms. The summed E-state index contributed by atoms with van der Waals surface area (Å²) >= 11 is 6.03. The zero-order valence-corrected chi connectivity index (χ0v) is 11.5. The third-order valence-electron chi connectivity index (χ3n) is 3.28. The molecule has 1 aromatic heterocycles. The van der Waals surface area contributed by atoms with Crippen molar-refractivity contribution < 1.29 is 0 Å². The lowest BCUT2D eigenvalue weighted by molar-refractivity contribution is 0.327. The van der Waals surface area contributed by atoms with E-state index in [1.165, 1.54) is 32.3 Å². The monoisotopic (exact) mass is 269 g/mol. The summed E-state index contributed by atoms with van der Waals surface area (Å²) in [6, 6.07) is 0. The Balaban J connectivity index is 1.83. The Kier molecular flexibility index (Phi) is 4.60. The van der Waals surface area contributed by atoms with E-state index in [2.05, 4.69) is 27.1 Å². The highest BCUT2D eigenvalue weighted by Gasteiger charge is 2.21. The van der Waals surface area contributed by atoms with Gasteiger partial charge in [-0.3, -0.25) is 0 Å². The van der Waals surface area contributed by atoms with Gasteiger partial charge in [-0.2, -0.15) is 0 Å². The highest BCUT2D eigenvalue weighted by molar-refractivity contribution is 6.35. The molecule has 0 bridgehead atoms. The lowest BCUT2D eigenvalue weighted by Gasteiger charge is -2.15. The van der Waals surface area contributed by atoms with E-state index in [9.17, 15) is 0 Å². The number of nitrogens with two attached hydrogens (primary N) is 1. The molecule has 1 saturated heterocycles. The molecule has 1 aliphatic rings. The lowest BCUT2D eigenvalue weighted by Crippen LogP contribution is -2.23. The molecule has 0 spiro atoms. The highest BCUT2D eigenvalue weighted by atomic mass is 35.5. The van der Waals surface area contributed by atoms with Gasteiger partial charge in [0.05, 0.1) is 0 Å². The Morgan fingerprint density at radius 3 is 3.17 bits per heavy atom. The van der Waals surface area contributed by atoms with Crippen LogP contribution in [0.25, 0.3) is 0 Å². The molecule has 5 nitrogen and oxygen atoms in total. The maximum atomic E-state index is 6.03. The molecule has 0 amide bonds. The average molecular weight is 270 g/mol. The third-order valence-corrected chi connectivity index (χ3v) is 3.66. The summed E-state index contributed by atoms with van der Waals surface area (Å²) in [5.41, 5.74) is 5.63. The van der Waals surface area contributed by atoms with Crippen LogP contribution in [0.3, 0.4) is 0 Å². The zero-order chi connectivity index (χ0) is 13.0. The van der Waals surface area contributed by atoms with E-state index < -0.39 is 0 Å².